The third-order valence-corrected chi connectivity index (χ3v) is 4.55. The van der Waals surface area contributed by atoms with E-state index in [4.69, 9.17) is 4.42 Å². The first kappa shape index (κ1) is 17.7. The van der Waals surface area contributed by atoms with Crippen molar-refractivity contribution in [3.63, 3.8) is 0 Å². The molecule has 1 fully saturated rings. The molecule has 1 aliphatic heterocycles. The fourth-order valence-corrected chi connectivity index (χ4v) is 3.04. The number of amides is 1. The van der Waals surface area contributed by atoms with Gasteiger partial charge in [0.25, 0.3) is 0 Å². The summed E-state index contributed by atoms with van der Waals surface area (Å²) in [4.78, 5) is 19.2. The highest BCUT2D eigenvalue weighted by molar-refractivity contribution is 5.83. The van der Waals surface area contributed by atoms with Crippen LogP contribution in [-0.4, -0.2) is 28.9 Å². The highest BCUT2D eigenvalue weighted by atomic mass is 16.4. The minimum Gasteiger partial charge on any atom is -0.444 e. The largest absolute Gasteiger partial charge is 0.444 e. The van der Waals surface area contributed by atoms with E-state index < -0.39 is 0 Å². The van der Waals surface area contributed by atoms with Gasteiger partial charge < -0.3 is 9.32 Å². The Bertz CT molecular complexity index is 697. The second-order valence-electron chi connectivity index (χ2n) is 7.63. The molecule has 2 heterocycles. The minimum absolute atomic E-state index is 0.0740. The molecular formula is C20H27N3O2. The molecule has 1 saturated heterocycles. The Morgan fingerprint density at radius 1 is 1.24 bits per heavy atom. The molecule has 0 unspecified atom stereocenters. The van der Waals surface area contributed by atoms with Crippen LogP contribution in [0.25, 0.3) is 0 Å². The number of carbonyl (C=O) groups excluding carboxylic acids is 1. The summed E-state index contributed by atoms with van der Waals surface area (Å²) in [6, 6.07) is 9.49. The van der Waals surface area contributed by atoms with Gasteiger partial charge in [-0.1, -0.05) is 51.1 Å². The normalized spacial score (nSPS) is 16.2. The molecule has 0 spiro atoms. The molecule has 3 rings (SSSR count). The Morgan fingerprint density at radius 3 is 2.52 bits per heavy atom. The molecular weight excluding hydrogens is 314 g/mol. The lowest BCUT2D eigenvalue weighted by molar-refractivity contribution is -0.132. The van der Waals surface area contributed by atoms with Crippen molar-refractivity contribution in [3.8, 4) is 0 Å². The van der Waals surface area contributed by atoms with Gasteiger partial charge in [-0.25, -0.2) is 4.98 Å². The van der Waals surface area contributed by atoms with Crippen molar-refractivity contribution < 1.29 is 9.21 Å². The maximum Gasteiger partial charge on any atom is 0.244 e. The molecule has 2 aromatic rings. The van der Waals surface area contributed by atoms with Gasteiger partial charge in [-0.05, 0) is 18.4 Å². The van der Waals surface area contributed by atoms with Gasteiger partial charge in [0, 0.05) is 18.5 Å². The van der Waals surface area contributed by atoms with Crippen LogP contribution in [0.15, 0.2) is 40.9 Å². The summed E-state index contributed by atoms with van der Waals surface area (Å²) >= 11 is 0. The van der Waals surface area contributed by atoms with Crippen LogP contribution in [0, 0.1) is 0 Å². The van der Waals surface area contributed by atoms with Gasteiger partial charge in [0.2, 0.25) is 11.8 Å². The van der Waals surface area contributed by atoms with Gasteiger partial charge in [0.05, 0.1) is 12.7 Å². The van der Waals surface area contributed by atoms with E-state index in [0.29, 0.717) is 12.4 Å². The first-order valence-corrected chi connectivity index (χ1v) is 8.97. The number of oxazole rings is 1. The fraction of sp³-hybridized carbons (Fsp3) is 0.500. The lowest BCUT2D eigenvalue weighted by atomic mass is 9.94. The Kier molecular flexibility index (Phi) is 5.23. The molecule has 0 bridgehead atoms. The van der Waals surface area contributed by atoms with Crippen molar-refractivity contribution in [2.75, 3.05) is 13.1 Å². The topological polar surface area (TPSA) is 58.4 Å². The molecule has 5 nitrogen and oxygen atoms in total. The summed E-state index contributed by atoms with van der Waals surface area (Å²) in [5.41, 5.74) is 0.900. The third-order valence-electron chi connectivity index (χ3n) is 4.55. The molecule has 5 heteroatoms. The number of nitrogens with one attached hydrogen (secondary N) is 1. The number of nitrogens with zero attached hydrogens (tertiary/aromatic N) is 2. The zero-order chi connectivity index (χ0) is 17.9. The average Bonchev–Trinajstić information content (AvgIpc) is 3.27. The molecule has 25 heavy (non-hydrogen) atoms. The molecule has 0 radical (unpaired) electrons. The van der Waals surface area contributed by atoms with Crippen molar-refractivity contribution in [2.45, 2.75) is 51.6 Å². The van der Waals surface area contributed by atoms with Crippen LogP contribution in [0.5, 0.6) is 0 Å². The Labute approximate surface area is 149 Å². The van der Waals surface area contributed by atoms with E-state index in [0.717, 1.165) is 37.3 Å². The van der Waals surface area contributed by atoms with Crippen molar-refractivity contribution in [2.24, 2.45) is 0 Å². The summed E-state index contributed by atoms with van der Waals surface area (Å²) in [6.45, 7) is 8.39. The predicted molar refractivity (Wildman–Crippen MR) is 97.0 cm³/mol. The summed E-state index contributed by atoms with van der Waals surface area (Å²) in [5.74, 6) is 1.60. The molecule has 1 aromatic carbocycles. The van der Waals surface area contributed by atoms with Crippen LogP contribution in [0.2, 0.25) is 0 Å². The predicted octanol–water partition coefficient (Wildman–Crippen LogP) is 3.43. The second-order valence-corrected chi connectivity index (χ2v) is 7.63. The highest BCUT2D eigenvalue weighted by Gasteiger charge is 2.28. The molecule has 1 atom stereocenters. The zero-order valence-corrected chi connectivity index (χ0v) is 15.3. The van der Waals surface area contributed by atoms with Crippen LogP contribution in [0.1, 0.15) is 56.9 Å². The Morgan fingerprint density at radius 2 is 1.92 bits per heavy atom. The maximum atomic E-state index is 12.9. The van der Waals surface area contributed by atoms with E-state index in [-0.39, 0.29) is 17.4 Å². The van der Waals surface area contributed by atoms with E-state index in [1.165, 1.54) is 0 Å². The summed E-state index contributed by atoms with van der Waals surface area (Å²) in [7, 11) is 0. The summed E-state index contributed by atoms with van der Waals surface area (Å²) in [6.07, 6.45) is 3.95. The number of hydrogen-bond donors (Lipinski definition) is 1. The average molecular weight is 341 g/mol. The van der Waals surface area contributed by atoms with Gasteiger partial charge in [0.1, 0.15) is 11.8 Å². The first-order chi connectivity index (χ1) is 11.9. The maximum absolute atomic E-state index is 12.9. The standard InChI is InChI=1S/C20H27N3O2/c1-20(2,3)16-13-21-17(25-16)14-22-18(15-9-5-4-6-10-15)19(24)23-11-7-8-12-23/h4-6,9-10,13,18,22H,7-8,11-12,14H2,1-3H3/t18-/m1/s1. The number of rotatable bonds is 5. The monoisotopic (exact) mass is 341 g/mol. The highest BCUT2D eigenvalue weighted by Crippen LogP contribution is 2.24. The third kappa shape index (κ3) is 4.28. The quantitative estimate of drug-likeness (QED) is 0.905. The van der Waals surface area contributed by atoms with Gasteiger partial charge in [-0.3, -0.25) is 10.1 Å². The second kappa shape index (κ2) is 7.40. The molecule has 134 valence electrons. The van der Waals surface area contributed by atoms with Crippen LogP contribution in [-0.2, 0) is 16.8 Å². The Balaban J connectivity index is 1.73. The number of aromatic nitrogens is 1. The van der Waals surface area contributed by atoms with Crippen LogP contribution in [0.3, 0.4) is 0 Å². The number of likely N-dealkylation sites (tertiary alicyclic amines) is 1. The van der Waals surface area contributed by atoms with Crippen LogP contribution < -0.4 is 5.32 Å². The van der Waals surface area contributed by atoms with Crippen LogP contribution >= 0.6 is 0 Å². The minimum atomic E-state index is -0.371. The van der Waals surface area contributed by atoms with E-state index in [1.54, 1.807) is 6.20 Å². The van der Waals surface area contributed by atoms with E-state index in [2.05, 4.69) is 31.1 Å². The van der Waals surface area contributed by atoms with Gasteiger partial charge in [-0.15, -0.1) is 0 Å². The summed E-state index contributed by atoms with van der Waals surface area (Å²) in [5, 5.41) is 3.35. The number of carbonyl (C=O) groups is 1. The molecule has 1 aromatic heterocycles. The van der Waals surface area contributed by atoms with Gasteiger partial charge in [-0.2, -0.15) is 0 Å². The van der Waals surface area contributed by atoms with E-state index in [9.17, 15) is 4.79 Å². The van der Waals surface area contributed by atoms with Crippen LogP contribution in [0.4, 0.5) is 0 Å². The number of hydrogen-bond acceptors (Lipinski definition) is 4. The lowest BCUT2D eigenvalue weighted by Crippen LogP contribution is -2.39. The molecule has 1 N–H and O–H groups in total. The first-order valence-electron chi connectivity index (χ1n) is 8.97. The van der Waals surface area contributed by atoms with Crippen molar-refractivity contribution >= 4 is 5.91 Å². The molecule has 1 amide bonds. The molecule has 0 aliphatic carbocycles. The molecule has 0 saturated carbocycles. The molecule has 1 aliphatic rings. The smallest absolute Gasteiger partial charge is 0.244 e. The number of benzene rings is 1. The SMILES string of the molecule is CC(C)(C)c1cnc(CN[C@@H](C(=O)N2CCCC2)c2ccccc2)o1. The van der Waals surface area contributed by atoms with Crippen molar-refractivity contribution in [1.82, 2.24) is 15.2 Å². The van der Waals surface area contributed by atoms with Gasteiger partial charge in [0.15, 0.2) is 0 Å². The fourth-order valence-electron chi connectivity index (χ4n) is 3.04. The van der Waals surface area contributed by atoms with Gasteiger partial charge >= 0.3 is 0 Å². The van der Waals surface area contributed by atoms with E-state index in [1.807, 2.05) is 35.2 Å². The Hall–Kier alpha value is -2.14. The zero-order valence-electron chi connectivity index (χ0n) is 15.3. The lowest BCUT2D eigenvalue weighted by Gasteiger charge is -2.24. The van der Waals surface area contributed by atoms with Crippen molar-refractivity contribution in [1.29, 1.82) is 0 Å². The summed E-state index contributed by atoms with van der Waals surface area (Å²) < 4.78 is 5.84. The van der Waals surface area contributed by atoms with Crippen molar-refractivity contribution in [3.05, 3.63) is 53.7 Å². The van der Waals surface area contributed by atoms with E-state index >= 15 is 0 Å².